The quantitative estimate of drug-likeness (QED) is 0.147. The first-order chi connectivity index (χ1) is 30.2. The molecule has 12 rings (SSSR count). The summed E-state index contributed by atoms with van der Waals surface area (Å²) < 4.78 is 4.84. The maximum Gasteiger partial charge on any atom is 0.132 e. The number of hydrogen-bond donors (Lipinski definition) is 3. The zero-order valence-corrected chi connectivity index (χ0v) is 33.2. The minimum Gasteiger partial charge on any atom is -0.399 e. The van der Waals surface area contributed by atoms with E-state index in [1.54, 1.807) is 0 Å². The third kappa shape index (κ3) is 5.80. The van der Waals surface area contributed by atoms with E-state index in [0.717, 1.165) is 61.6 Å². The fourth-order valence-electron chi connectivity index (χ4n) is 9.51. The van der Waals surface area contributed by atoms with Crippen LogP contribution in [-0.2, 0) is 0 Å². The van der Waals surface area contributed by atoms with Gasteiger partial charge in [0, 0.05) is 44.0 Å². The zero-order valence-electron chi connectivity index (χ0n) is 33.2. The van der Waals surface area contributed by atoms with Gasteiger partial charge in [0.25, 0.3) is 0 Å². The first kappa shape index (κ1) is 35.1. The molecule has 9 aromatic carbocycles. The van der Waals surface area contributed by atoms with Crippen molar-refractivity contribution in [2.24, 2.45) is 4.99 Å². The van der Waals surface area contributed by atoms with E-state index in [2.05, 4.69) is 214 Å². The molecule has 0 saturated carbocycles. The molecule has 0 fully saturated rings. The van der Waals surface area contributed by atoms with Crippen LogP contribution in [0, 0.1) is 0 Å². The van der Waals surface area contributed by atoms with Crippen LogP contribution in [0.1, 0.15) is 29.0 Å². The van der Waals surface area contributed by atoms with Crippen molar-refractivity contribution in [3.8, 4) is 22.5 Å². The lowest BCUT2D eigenvalue weighted by Gasteiger charge is -2.34. The normalized spacial score (nSPS) is 15.4. The summed E-state index contributed by atoms with van der Waals surface area (Å²) in [6.07, 6.45) is -0.681. The average Bonchev–Trinajstić information content (AvgIpc) is 3.83. The molecule has 0 amide bonds. The van der Waals surface area contributed by atoms with Gasteiger partial charge in [-0.1, -0.05) is 152 Å². The summed E-state index contributed by atoms with van der Waals surface area (Å²) in [5.41, 5.74) is 19.5. The molecule has 0 radical (unpaired) electrons. The van der Waals surface area contributed by atoms with Gasteiger partial charge in [0.1, 0.15) is 18.2 Å². The van der Waals surface area contributed by atoms with Crippen LogP contribution in [0.25, 0.3) is 76.9 Å². The summed E-state index contributed by atoms with van der Waals surface area (Å²) in [5, 5.41) is 15.0. The largest absolute Gasteiger partial charge is 0.399 e. The molecule has 2 aromatic heterocycles. The molecule has 0 bridgehead atoms. The van der Waals surface area contributed by atoms with Crippen molar-refractivity contribution in [1.29, 1.82) is 0 Å². The third-order valence-electron chi connectivity index (χ3n) is 12.3. The van der Waals surface area contributed by atoms with Crippen molar-refractivity contribution in [2.45, 2.75) is 12.3 Å². The maximum absolute atomic E-state index is 6.75. The minimum absolute atomic E-state index is 0.323. The van der Waals surface area contributed by atoms with Crippen LogP contribution in [-0.4, -0.2) is 15.0 Å². The van der Waals surface area contributed by atoms with Gasteiger partial charge in [-0.05, 0) is 82.1 Å². The molecule has 0 aliphatic carbocycles. The molecule has 1 aliphatic heterocycles. The Kier molecular flexibility index (Phi) is 8.11. The van der Waals surface area contributed by atoms with Crippen molar-refractivity contribution < 1.29 is 0 Å². The Bertz CT molecular complexity index is 3510. The van der Waals surface area contributed by atoms with Crippen LogP contribution in [0.4, 0.5) is 5.69 Å². The summed E-state index contributed by atoms with van der Waals surface area (Å²) in [6.45, 7) is 0. The Morgan fingerprint density at radius 2 is 1.08 bits per heavy atom. The second-order valence-corrected chi connectivity index (χ2v) is 15.9. The lowest BCUT2D eigenvalue weighted by atomic mass is 9.97. The van der Waals surface area contributed by atoms with Crippen LogP contribution in [0.15, 0.2) is 211 Å². The van der Waals surface area contributed by atoms with Gasteiger partial charge in [0.2, 0.25) is 0 Å². The fraction of sp³-hybridized carbons (Fsp3) is 0.0364. The highest BCUT2D eigenvalue weighted by Crippen LogP contribution is 2.42. The molecule has 0 saturated heterocycles. The SMILES string of the molecule is Nc1ccc(-n2c3ccccc3c3cc4c5ccccc5n(-c5ccc6ccccc6c5)c4cc32)c(C2NC(c3ccccc3-c3ccccc3)=NC(c3ccccc3)N2)c1. The lowest BCUT2D eigenvalue weighted by molar-refractivity contribution is 0.408. The number of para-hydroxylation sites is 2. The molecule has 4 N–H and O–H groups in total. The lowest BCUT2D eigenvalue weighted by Crippen LogP contribution is -2.45. The maximum atomic E-state index is 6.75. The van der Waals surface area contributed by atoms with Crippen LogP contribution in [0.3, 0.4) is 0 Å². The molecule has 2 atom stereocenters. The number of fused-ring (bicyclic) bond motifs is 7. The van der Waals surface area contributed by atoms with Gasteiger partial charge < -0.3 is 20.2 Å². The predicted octanol–water partition coefficient (Wildman–Crippen LogP) is 12.6. The first-order valence-electron chi connectivity index (χ1n) is 20.8. The van der Waals surface area contributed by atoms with Gasteiger partial charge in [-0.15, -0.1) is 0 Å². The average molecular weight is 785 g/mol. The molecular formula is C55H40N6. The Hall–Kier alpha value is -7.93. The number of anilines is 1. The number of nitrogens with two attached hydrogens (primary N) is 1. The van der Waals surface area contributed by atoms with Gasteiger partial charge in [0.05, 0.1) is 27.8 Å². The molecule has 1 aliphatic rings. The zero-order chi connectivity index (χ0) is 40.4. The number of rotatable bonds is 6. The van der Waals surface area contributed by atoms with E-state index in [-0.39, 0.29) is 12.3 Å². The van der Waals surface area contributed by atoms with Crippen LogP contribution in [0.2, 0.25) is 0 Å². The Morgan fingerprint density at radius 1 is 0.459 bits per heavy atom. The number of nitrogens with one attached hydrogen (secondary N) is 2. The Labute approximate surface area is 352 Å². The number of aromatic nitrogens is 2. The van der Waals surface area contributed by atoms with Gasteiger partial charge in [-0.2, -0.15) is 0 Å². The predicted molar refractivity (Wildman–Crippen MR) is 254 cm³/mol. The second-order valence-electron chi connectivity index (χ2n) is 15.9. The highest BCUT2D eigenvalue weighted by molar-refractivity contribution is 6.19. The number of aliphatic imine (C=N–C) groups is 1. The number of amidine groups is 1. The summed E-state index contributed by atoms with van der Waals surface area (Å²) in [4.78, 5) is 5.36. The van der Waals surface area contributed by atoms with Crippen LogP contribution >= 0.6 is 0 Å². The Balaban J connectivity index is 1.08. The van der Waals surface area contributed by atoms with E-state index in [1.165, 1.54) is 37.8 Å². The van der Waals surface area contributed by atoms with E-state index in [1.807, 2.05) is 12.1 Å². The first-order valence-corrected chi connectivity index (χ1v) is 20.8. The third-order valence-corrected chi connectivity index (χ3v) is 12.3. The minimum atomic E-state index is -0.357. The number of nitrogen functional groups attached to an aromatic ring is 1. The van der Waals surface area contributed by atoms with E-state index in [4.69, 9.17) is 10.7 Å². The molecule has 6 nitrogen and oxygen atoms in total. The monoisotopic (exact) mass is 784 g/mol. The van der Waals surface area contributed by atoms with Crippen LogP contribution in [0.5, 0.6) is 0 Å². The molecule has 3 heterocycles. The van der Waals surface area contributed by atoms with E-state index in [0.29, 0.717) is 5.69 Å². The van der Waals surface area contributed by atoms with Crippen molar-refractivity contribution in [3.63, 3.8) is 0 Å². The van der Waals surface area contributed by atoms with Crippen molar-refractivity contribution in [2.75, 3.05) is 5.73 Å². The Morgan fingerprint density at radius 3 is 1.85 bits per heavy atom. The smallest absolute Gasteiger partial charge is 0.132 e. The second kappa shape index (κ2) is 14.1. The molecule has 2 unspecified atom stereocenters. The summed E-state index contributed by atoms with van der Waals surface area (Å²) in [5.74, 6) is 0.814. The standard InChI is InChI=1S/C55H40N6/c56-39-28-30-50(47(32-39)55-58-53(37-18-5-2-6-19-37)57-54(59-55)44-24-10-9-21-41(44)36-16-3-1-4-17-36)61-49-26-14-12-23-43(49)46-33-45-42-22-11-13-25-48(42)60(51(45)34-52(46)61)40-29-27-35-15-7-8-20-38(35)31-40/h1-34,53,55,58H,56H2,(H,57,59). The van der Waals surface area contributed by atoms with E-state index < -0.39 is 0 Å². The number of hydrogen-bond acceptors (Lipinski definition) is 4. The summed E-state index contributed by atoms with van der Waals surface area (Å²) in [6, 6.07) is 73.4. The van der Waals surface area contributed by atoms with Gasteiger partial charge >= 0.3 is 0 Å². The van der Waals surface area contributed by atoms with Crippen molar-refractivity contribution in [1.82, 2.24) is 19.8 Å². The number of benzene rings is 9. The molecule has 0 spiro atoms. The fourth-order valence-corrected chi connectivity index (χ4v) is 9.51. The summed E-state index contributed by atoms with van der Waals surface area (Å²) >= 11 is 0. The van der Waals surface area contributed by atoms with Crippen molar-refractivity contribution in [3.05, 3.63) is 223 Å². The van der Waals surface area contributed by atoms with E-state index >= 15 is 0 Å². The summed E-state index contributed by atoms with van der Waals surface area (Å²) in [7, 11) is 0. The highest BCUT2D eigenvalue weighted by Gasteiger charge is 2.30. The van der Waals surface area contributed by atoms with Crippen LogP contribution < -0.4 is 16.4 Å². The van der Waals surface area contributed by atoms with E-state index in [9.17, 15) is 0 Å². The molecule has 61 heavy (non-hydrogen) atoms. The van der Waals surface area contributed by atoms with Gasteiger partial charge in [-0.3, -0.25) is 5.32 Å². The number of nitrogens with zero attached hydrogens (tertiary/aromatic N) is 3. The van der Waals surface area contributed by atoms with Gasteiger partial charge in [-0.25, -0.2) is 4.99 Å². The topological polar surface area (TPSA) is 72.3 Å². The molecule has 6 heteroatoms. The van der Waals surface area contributed by atoms with Crippen molar-refractivity contribution >= 4 is 65.9 Å². The molecular weight excluding hydrogens is 745 g/mol. The molecule has 11 aromatic rings. The van der Waals surface area contributed by atoms with Gasteiger partial charge in [0.15, 0.2) is 0 Å². The highest BCUT2D eigenvalue weighted by atomic mass is 15.3. The molecule has 290 valence electrons.